The van der Waals surface area contributed by atoms with E-state index in [0.717, 1.165) is 5.56 Å². The lowest BCUT2D eigenvalue weighted by Crippen LogP contribution is -2.31. The van der Waals surface area contributed by atoms with E-state index in [9.17, 15) is 4.79 Å². The molecule has 1 unspecified atom stereocenters. The number of hydrogen-bond donors (Lipinski definition) is 1. The third kappa shape index (κ3) is 5.72. The van der Waals surface area contributed by atoms with Crippen LogP contribution in [0, 0.1) is 22.7 Å². The second-order valence-corrected chi connectivity index (χ2v) is 4.58. The van der Waals surface area contributed by atoms with Gasteiger partial charge in [0.15, 0.2) is 18.1 Å². The maximum absolute atomic E-state index is 11.7. The molecule has 6 nitrogen and oxygen atoms in total. The Morgan fingerprint density at radius 3 is 2.73 bits per heavy atom. The second-order valence-electron chi connectivity index (χ2n) is 4.58. The summed E-state index contributed by atoms with van der Waals surface area (Å²) >= 11 is 0. The summed E-state index contributed by atoms with van der Waals surface area (Å²) in [5, 5.41) is 19.8. The van der Waals surface area contributed by atoms with E-state index < -0.39 is 6.04 Å². The first-order valence-electron chi connectivity index (χ1n) is 7.05. The number of rotatable bonds is 8. The van der Waals surface area contributed by atoms with E-state index in [4.69, 9.17) is 20.0 Å². The first-order valence-corrected chi connectivity index (χ1v) is 7.05. The van der Waals surface area contributed by atoms with E-state index >= 15 is 0 Å². The molecule has 0 bridgehead atoms. The Morgan fingerprint density at radius 1 is 1.32 bits per heavy atom. The van der Waals surface area contributed by atoms with Gasteiger partial charge in [0.25, 0.3) is 0 Å². The number of aryl methyl sites for hydroxylation is 1. The van der Waals surface area contributed by atoms with Crippen molar-refractivity contribution >= 4 is 5.91 Å². The number of benzene rings is 1. The Labute approximate surface area is 130 Å². The number of hydrogen-bond acceptors (Lipinski definition) is 5. The van der Waals surface area contributed by atoms with Crippen molar-refractivity contribution in [2.45, 2.75) is 32.7 Å². The SMILES string of the molecule is CCOc1cc(CCC(=O)NC(C)C#N)ccc1OCC#N. The van der Waals surface area contributed by atoms with Crippen molar-refractivity contribution in [2.24, 2.45) is 0 Å². The van der Waals surface area contributed by atoms with E-state index in [-0.39, 0.29) is 18.9 Å². The van der Waals surface area contributed by atoms with E-state index in [1.54, 1.807) is 19.1 Å². The fourth-order valence-corrected chi connectivity index (χ4v) is 1.81. The van der Waals surface area contributed by atoms with Crippen LogP contribution >= 0.6 is 0 Å². The van der Waals surface area contributed by atoms with Gasteiger partial charge in [-0.15, -0.1) is 0 Å². The molecule has 1 rings (SSSR count). The number of nitrogens with zero attached hydrogens (tertiary/aromatic N) is 2. The highest BCUT2D eigenvalue weighted by atomic mass is 16.5. The number of carbonyl (C=O) groups excluding carboxylic acids is 1. The van der Waals surface area contributed by atoms with Gasteiger partial charge < -0.3 is 14.8 Å². The molecular weight excluding hydrogens is 282 g/mol. The minimum Gasteiger partial charge on any atom is -0.490 e. The summed E-state index contributed by atoms with van der Waals surface area (Å²) in [7, 11) is 0. The van der Waals surface area contributed by atoms with Crippen molar-refractivity contribution in [1.29, 1.82) is 10.5 Å². The molecule has 0 aliphatic carbocycles. The van der Waals surface area contributed by atoms with Crippen LogP contribution in [0.25, 0.3) is 0 Å². The Kier molecular flexibility index (Phi) is 7.28. The largest absolute Gasteiger partial charge is 0.490 e. The number of nitriles is 2. The zero-order valence-corrected chi connectivity index (χ0v) is 12.8. The Balaban J connectivity index is 2.68. The van der Waals surface area contributed by atoms with E-state index in [0.29, 0.717) is 24.5 Å². The summed E-state index contributed by atoms with van der Waals surface area (Å²) in [5.41, 5.74) is 0.924. The first kappa shape index (κ1) is 17.3. The van der Waals surface area contributed by atoms with Crippen molar-refractivity contribution in [3.05, 3.63) is 23.8 Å². The van der Waals surface area contributed by atoms with Crippen molar-refractivity contribution < 1.29 is 14.3 Å². The molecule has 1 aromatic carbocycles. The fraction of sp³-hybridized carbons (Fsp3) is 0.438. The summed E-state index contributed by atoms with van der Waals surface area (Å²) < 4.78 is 10.8. The van der Waals surface area contributed by atoms with Crippen LogP contribution in [0.5, 0.6) is 11.5 Å². The minimum atomic E-state index is -0.492. The highest BCUT2D eigenvalue weighted by molar-refractivity contribution is 5.76. The Morgan fingerprint density at radius 2 is 2.09 bits per heavy atom. The van der Waals surface area contributed by atoms with E-state index in [2.05, 4.69) is 5.32 Å². The zero-order chi connectivity index (χ0) is 16.4. The molecule has 116 valence electrons. The van der Waals surface area contributed by atoms with Crippen LogP contribution in [0.2, 0.25) is 0 Å². The lowest BCUT2D eigenvalue weighted by Gasteiger charge is -2.12. The predicted octanol–water partition coefficient (Wildman–Crippen LogP) is 1.95. The molecule has 1 amide bonds. The van der Waals surface area contributed by atoms with Crippen molar-refractivity contribution in [3.8, 4) is 23.6 Å². The van der Waals surface area contributed by atoms with Gasteiger partial charge in [-0.1, -0.05) is 6.07 Å². The van der Waals surface area contributed by atoms with Crippen LogP contribution in [0.4, 0.5) is 0 Å². The average molecular weight is 301 g/mol. The second kappa shape index (κ2) is 9.25. The third-order valence-corrected chi connectivity index (χ3v) is 2.81. The monoisotopic (exact) mass is 301 g/mol. The molecule has 0 saturated carbocycles. The topological polar surface area (TPSA) is 95.1 Å². The molecule has 1 N–H and O–H groups in total. The Bertz CT molecular complexity index is 587. The lowest BCUT2D eigenvalue weighted by molar-refractivity contribution is -0.121. The quantitative estimate of drug-likeness (QED) is 0.791. The standard InChI is InChI=1S/C16H19N3O3/c1-3-21-15-10-13(4-6-14(15)22-9-8-17)5-7-16(20)19-12(2)11-18/h4,6,10,12H,3,5,7,9H2,1-2H3,(H,19,20). The summed E-state index contributed by atoms with van der Waals surface area (Å²) in [6.07, 6.45) is 0.818. The van der Waals surface area contributed by atoms with E-state index in [1.165, 1.54) is 0 Å². The van der Waals surface area contributed by atoms with Crippen LogP contribution in [-0.4, -0.2) is 25.2 Å². The molecule has 0 spiro atoms. The van der Waals surface area contributed by atoms with E-state index in [1.807, 2.05) is 25.1 Å². The Hall–Kier alpha value is -2.73. The molecule has 6 heteroatoms. The molecule has 0 radical (unpaired) electrons. The third-order valence-electron chi connectivity index (χ3n) is 2.81. The maximum Gasteiger partial charge on any atom is 0.221 e. The number of amides is 1. The van der Waals surface area contributed by atoms with Crippen LogP contribution in [-0.2, 0) is 11.2 Å². The van der Waals surface area contributed by atoms with Crippen molar-refractivity contribution in [1.82, 2.24) is 5.32 Å². The number of carbonyl (C=O) groups is 1. The van der Waals surface area contributed by atoms with Gasteiger partial charge in [0.05, 0.1) is 12.7 Å². The van der Waals surface area contributed by atoms with Crippen LogP contribution in [0.3, 0.4) is 0 Å². The molecule has 22 heavy (non-hydrogen) atoms. The van der Waals surface area contributed by atoms with Gasteiger partial charge in [0.1, 0.15) is 12.1 Å². The molecule has 0 saturated heterocycles. The molecule has 0 aliphatic heterocycles. The first-order chi connectivity index (χ1) is 10.6. The molecule has 0 fully saturated rings. The number of nitrogens with one attached hydrogen (secondary N) is 1. The predicted molar refractivity (Wildman–Crippen MR) is 80.3 cm³/mol. The molecule has 1 aromatic rings. The molecular formula is C16H19N3O3. The van der Waals surface area contributed by atoms with Crippen molar-refractivity contribution in [2.75, 3.05) is 13.2 Å². The van der Waals surface area contributed by atoms with Crippen molar-refractivity contribution in [3.63, 3.8) is 0 Å². The molecule has 0 heterocycles. The smallest absolute Gasteiger partial charge is 0.221 e. The number of ether oxygens (including phenoxy) is 2. The summed E-state index contributed by atoms with van der Waals surface area (Å²) in [5.74, 6) is 0.896. The highest BCUT2D eigenvalue weighted by Crippen LogP contribution is 2.28. The summed E-state index contributed by atoms with van der Waals surface area (Å²) in [6.45, 7) is 3.92. The van der Waals surface area contributed by atoms with Gasteiger partial charge in [-0.3, -0.25) is 4.79 Å². The molecule has 1 atom stereocenters. The van der Waals surface area contributed by atoms with Gasteiger partial charge in [0, 0.05) is 6.42 Å². The summed E-state index contributed by atoms with van der Waals surface area (Å²) in [6, 6.07) is 8.73. The highest BCUT2D eigenvalue weighted by Gasteiger charge is 2.09. The van der Waals surface area contributed by atoms with Crippen LogP contribution in [0.1, 0.15) is 25.8 Å². The van der Waals surface area contributed by atoms with Crippen LogP contribution < -0.4 is 14.8 Å². The maximum atomic E-state index is 11.7. The van der Waals surface area contributed by atoms with Gasteiger partial charge in [-0.25, -0.2) is 0 Å². The molecule has 0 aromatic heterocycles. The summed E-state index contributed by atoms with van der Waals surface area (Å²) in [4.78, 5) is 11.7. The van der Waals surface area contributed by atoms with Gasteiger partial charge in [-0.05, 0) is 38.0 Å². The fourth-order valence-electron chi connectivity index (χ4n) is 1.81. The molecule has 0 aliphatic rings. The van der Waals surface area contributed by atoms with Gasteiger partial charge >= 0.3 is 0 Å². The van der Waals surface area contributed by atoms with Gasteiger partial charge in [0.2, 0.25) is 5.91 Å². The van der Waals surface area contributed by atoms with Gasteiger partial charge in [-0.2, -0.15) is 10.5 Å². The minimum absolute atomic E-state index is 0.0477. The average Bonchev–Trinajstić information content (AvgIpc) is 2.52. The zero-order valence-electron chi connectivity index (χ0n) is 12.8. The lowest BCUT2D eigenvalue weighted by atomic mass is 10.1. The van der Waals surface area contributed by atoms with Crippen LogP contribution in [0.15, 0.2) is 18.2 Å². The normalized spacial score (nSPS) is 10.9.